The Morgan fingerprint density at radius 3 is 1.75 bits per heavy atom. The minimum atomic E-state index is -0.479. The number of carbonyl (C=O) groups excluding carboxylic acids is 2. The van der Waals surface area contributed by atoms with Crippen molar-refractivity contribution >= 4 is 11.8 Å². The van der Waals surface area contributed by atoms with Crippen molar-refractivity contribution in [3.05, 3.63) is 35.4 Å². The van der Waals surface area contributed by atoms with Crippen LogP contribution in [0.25, 0.3) is 0 Å². The minimum absolute atomic E-state index is 0.0954. The van der Waals surface area contributed by atoms with Gasteiger partial charge in [0, 0.05) is 17.7 Å². The Kier molecular flexibility index (Phi) is 10.6. The summed E-state index contributed by atoms with van der Waals surface area (Å²) in [5, 5.41) is 2.92. The van der Waals surface area contributed by atoms with E-state index in [4.69, 9.17) is 5.73 Å². The molecule has 0 unspecified atom stereocenters. The van der Waals surface area contributed by atoms with Gasteiger partial charge in [-0.05, 0) is 30.7 Å². The number of hydrogen-bond acceptors (Lipinski definition) is 2. The van der Waals surface area contributed by atoms with E-state index in [-0.39, 0.29) is 5.91 Å². The van der Waals surface area contributed by atoms with Crippen molar-refractivity contribution in [3.63, 3.8) is 0 Å². The van der Waals surface area contributed by atoms with E-state index in [1.165, 1.54) is 51.4 Å². The number of nitrogens with one attached hydrogen (secondary N) is 1. The number of nitrogens with two attached hydrogens (primary N) is 1. The summed E-state index contributed by atoms with van der Waals surface area (Å²) in [6, 6.07) is 6.43. The van der Waals surface area contributed by atoms with Crippen molar-refractivity contribution in [1.29, 1.82) is 0 Å². The molecule has 0 heterocycles. The third kappa shape index (κ3) is 8.70. The molecule has 4 nitrogen and oxygen atoms in total. The van der Waals surface area contributed by atoms with Crippen LogP contribution in [0.1, 0.15) is 91.8 Å². The average molecular weight is 332 g/mol. The van der Waals surface area contributed by atoms with Crippen LogP contribution in [-0.2, 0) is 0 Å². The summed E-state index contributed by atoms with van der Waals surface area (Å²) in [5.74, 6) is -0.575. The SMILES string of the molecule is CCCCCCCCCCCCNC(=O)c1ccc(C(N)=O)cc1. The fourth-order valence-electron chi connectivity index (χ4n) is 2.70. The zero-order valence-corrected chi connectivity index (χ0v) is 15.0. The standard InChI is InChI=1S/C20H32N2O2/c1-2-3-4-5-6-7-8-9-10-11-16-22-20(24)18-14-12-17(13-15-18)19(21)23/h12-15H,2-11,16H2,1H3,(H2,21,23)(H,22,24). The fraction of sp³-hybridized carbons (Fsp3) is 0.600. The van der Waals surface area contributed by atoms with Gasteiger partial charge in [-0.2, -0.15) is 0 Å². The zero-order chi connectivity index (χ0) is 17.6. The number of carbonyl (C=O) groups is 2. The summed E-state index contributed by atoms with van der Waals surface area (Å²) in [6.07, 6.45) is 12.8. The lowest BCUT2D eigenvalue weighted by Crippen LogP contribution is -2.24. The molecule has 0 bridgehead atoms. The van der Waals surface area contributed by atoms with E-state index in [0.717, 1.165) is 12.8 Å². The van der Waals surface area contributed by atoms with Crippen LogP contribution in [0.2, 0.25) is 0 Å². The van der Waals surface area contributed by atoms with Crippen LogP contribution >= 0.6 is 0 Å². The Balaban J connectivity index is 2.02. The summed E-state index contributed by atoms with van der Waals surface area (Å²) in [6.45, 7) is 2.95. The van der Waals surface area contributed by atoms with Crippen LogP contribution in [0.15, 0.2) is 24.3 Å². The molecule has 0 aromatic heterocycles. The molecular formula is C20H32N2O2. The molecule has 3 N–H and O–H groups in total. The first-order valence-electron chi connectivity index (χ1n) is 9.33. The van der Waals surface area contributed by atoms with Gasteiger partial charge in [0.25, 0.3) is 5.91 Å². The number of benzene rings is 1. The highest BCUT2D eigenvalue weighted by atomic mass is 16.2. The van der Waals surface area contributed by atoms with Crippen LogP contribution in [0.5, 0.6) is 0 Å². The van der Waals surface area contributed by atoms with Crippen LogP contribution in [-0.4, -0.2) is 18.4 Å². The molecule has 1 aromatic rings. The molecule has 0 fully saturated rings. The Bertz CT molecular complexity index is 483. The highest BCUT2D eigenvalue weighted by Gasteiger charge is 2.06. The molecule has 24 heavy (non-hydrogen) atoms. The topological polar surface area (TPSA) is 72.2 Å². The third-order valence-electron chi connectivity index (χ3n) is 4.25. The minimum Gasteiger partial charge on any atom is -0.366 e. The summed E-state index contributed by atoms with van der Waals surface area (Å²) in [7, 11) is 0. The maximum Gasteiger partial charge on any atom is 0.251 e. The van der Waals surface area contributed by atoms with E-state index in [0.29, 0.717) is 17.7 Å². The van der Waals surface area contributed by atoms with Crippen LogP contribution < -0.4 is 11.1 Å². The quantitative estimate of drug-likeness (QED) is 0.524. The van der Waals surface area contributed by atoms with E-state index in [1.807, 2.05) is 0 Å². The van der Waals surface area contributed by atoms with Crippen LogP contribution in [0, 0.1) is 0 Å². The lowest BCUT2D eigenvalue weighted by molar-refractivity contribution is 0.0950. The second-order valence-corrected chi connectivity index (χ2v) is 6.38. The van der Waals surface area contributed by atoms with Crippen molar-refractivity contribution in [2.45, 2.75) is 71.1 Å². The van der Waals surface area contributed by atoms with Gasteiger partial charge in [-0.1, -0.05) is 64.7 Å². The molecule has 0 atom stereocenters. The molecule has 0 saturated carbocycles. The molecule has 0 saturated heterocycles. The van der Waals surface area contributed by atoms with E-state index >= 15 is 0 Å². The third-order valence-corrected chi connectivity index (χ3v) is 4.25. The molecule has 0 spiro atoms. The summed E-state index contributed by atoms with van der Waals surface area (Å²) < 4.78 is 0. The van der Waals surface area contributed by atoms with Gasteiger partial charge < -0.3 is 11.1 Å². The summed E-state index contributed by atoms with van der Waals surface area (Å²) >= 11 is 0. The molecule has 0 aliphatic carbocycles. The van der Waals surface area contributed by atoms with Crippen molar-refractivity contribution < 1.29 is 9.59 Å². The van der Waals surface area contributed by atoms with E-state index < -0.39 is 5.91 Å². The number of amides is 2. The number of hydrogen-bond donors (Lipinski definition) is 2. The van der Waals surface area contributed by atoms with Crippen molar-refractivity contribution in [1.82, 2.24) is 5.32 Å². The fourth-order valence-corrected chi connectivity index (χ4v) is 2.70. The number of rotatable bonds is 13. The molecule has 0 aliphatic rings. The van der Waals surface area contributed by atoms with Crippen molar-refractivity contribution in [2.75, 3.05) is 6.54 Å². The lowest BCUT2D eigenvalue weighted by Gasteiger charge is -2.06. The molecular weight excluding hydrogens is 300 g/mol. The maximum absolute atomic E-state index is 12.0. The molecule has 1 rings (SSSR count). The molecule has 0 radical (unpaired) electrons. The Hall–Kier alpha value is -1.84. The molecule has 2 amide bonds. The zero-order valence-electron chi connectivity index (χ0n) is 15.0. The van der Waals surface area contributed by atoms with Crippen molar-refractivity contribution in [2.24, 2.45) is 5.73 Å². The number of unbranched alkanes of at least 4 members (excludes halogenated alkanes) is 9. The van der Waals surface area contributed by atoms with Gasteiger partial charge >= 0.3 is 0 Å². The van der Waals surface area contributed by atoms with Gasteiger partial charge in [0.1, 0.15) is 0 Å². The van der Waals surface area contributed by atoms with Gasteiger partial charge in [0.15, 0.2) is 0 Å². The predicted octanol–water partition coefficient (Wildman–Crippen LogP) is 4.44. The lowest BCUT2D eigenvalue weighted by atomic mass is 10.1. The predicted molar refractivity (Wildman–Crippen MR) is 99.1 cm³/mol. The second kappa shape index (κ2) is 12.6. The molecule has 1 aromatic carbocycles. The largest absolute Gasteiger partial charge is 0.366 e. The van der Waals surface area contributed by atoms with Crippen molar-refractivity contribution in [3.8, 4) is 0 Å². The molecule has 0 aliphatic heterocycles. The first-order chi connectivity index (χ1) is 11.6. The normalized spacial score (nSPS) is 10.5. The van der Waals surface area contributed by atoms with Gasteiger partial charge in [-0.25, -0.2) is 0 Å². The average Bonchev–Trinajstić information content (AvgIpc) is 2.59. The smallest absolute Gasteiger partial charge is 0.251 e. The van der Waals surface area contributed by atoms with Crippen LogP contribution in [0.4, 0.5) is 0 Å². The van der Waals surface area contributed by atoms with Gasteiger partial charge in [0.2, 0.25) is 5.91 Å². The van der Waals surface area contributed by atoms with Crippen LogP contribution in [0.3, 0.4) is 0 Å². The Morgan fingerprint density at radius 2 is 1.25 bits per heavy atom. The van der Waals surface area contributed by atoms with Gasteiger partial charge in [0.05, 0.1) is 0 Å². The highest BCUT2D eigenvalue weighted by Crippen LogP contribution is 2.10. The maximum atomic E-state index is 12.0. The Labute approximate surface area is 146 Å². The monoisotopic (exact) mass is 332 g/mol. The van der Waals surface area contributed by atoms with Gasteiger partial charge in [-0.3, -0.25) is 9.59 Å². The van der Waals surface area contributed by atoms with E-state index in [2.05, 4.69) is 12.2 Å². The number of primary amides is 1. The summed E-state index contributed by atoms with van der Waals surface area (Å²) in [5.41, 5.74) is 6.16. The van der Waals surface area contributed by atoms with E-state index in [1.54, 1.807) is 24.3 Å². The van der Waals surface area contributed by atoms with Gasteiger partial charge in [-0.15, -0.1) is 0 Å². The summed E-state index contributed by atoms with van der Waals surface area (Å²) in [4.78, 5) is 22.9. The second-order valence-electron chi connectivity index (χ2n) is 6.38. The first kappa shape index (κ1) is 20.2. The Morgan fingerprint density at radius 1 is 0.792 bits per heavy atom. The highest BCUT2D eigenvalue weighted by molar-refractivity contribution is 5.97. The first-order valence-corrected chi connectivity index (χ1v) is 9.33. The molecule has 4 heteroatoms. The molecule has 134 valence electrons. The van der Waals surface area contributed by atoms with E-state index in [9.17, 15) is 9.59 Å².